The van der Waals surface area contributed by atoms with Gasteiger partial charge < -0.3 is 4.42 Å². The van der Waals surface area contributed by atoms with Crippen LogP contribution >= 0.6 is 0 Å². The van der Waals surface area contributed by atoms with Gasteiger partial charge in [0.25, 0.3) is 0 Å². The molecule has 0 saturated carbocycles. The first-order valence-electron chi connectivity index (χ1n) is 29.9. The Bertz CT molecular complexity index is 4500. The van der Waals surface area contributed by atoms with Gasteiger partial charge >= 0.3 is 0 Å². The van der Waals surface area contributed by atoms with Crippen molar-refractivity contribution in [2.45, 2.75) is 6.42 Å². The van der Waals surface area contributed by atoms with E-state index >= 15 is 0 Å². The molecule has 0 aliphatic carbocycles. The molecule has 0 amide bonds. The fourth-order valence-electron chi connectivity index (χ4n) is 6.17. The predicted molar refractivity (Wildman–Crippen MR) is 212 cm³/mol. The largest absolute Gasteiger partial charge is 0.456 e. The third-order valence-electron chi connectivity index (χ3n) is 8.23. The Morgan fingerprint density at radius 3 is 1.72 bits per heavy atom. The molecule has 10 rings (SSSR count). The van der Waals surface area contributed by atoms with Crippen LogP contribution in [0.25, 0.3) is 87.6 Å². The average molecular weight is 667 g/mol. The third kappa shape index (κ3) is 4.55. The summed E-state index contributed by atoms with van der Waals surface area (Å²) in [4.78, 5) is 0. The Morgan fingerprint density at radius 1 is 0.400 bits per heavy atom. The molecule has 0 N–H and O–H groups in total. The van der Waals surface area contributed by atoms with Crippen LogP contribution in [-0.4, -0.2) is 0 Å². The maximum atomic E-state index is 9.90. The van der Waals surface area contributed by atoms with E-state index in [4.69, 9.17) is 33.2 Å². The SMILES string of the molecule is [2H]c1c([2H])c([2H])c(-c2c([2H])c([2H])c([2H])c3oc4c([2H])c([2H])c([2H])c(Cc5c6c([2H])c([2H])c([2H])c([2H])c6c(-c6c([2H])c([2H])c([2H])c(-c7c([2H])c([2H])c([2H])c8c([2H])c([2H])c([2H])c([2H])c78)c6[2H])c6c([2H])c([2H])c([2H])c([2H])c56)c4c23)c([2H])c1[2H]. The summed E-state index contributed by atoms with van der Waals surface area (Å²) < 4.78 is 276. The number of hydrogen-bond donors (Lipinski definition) is 0. The van der Waals surface area contributed by atoms with Crippen LogP contribution < -0.4 is 0 Å². The highest BCUT2D eigenvalue weighted by Gasteiger charge is 2.20. The lowest BCUT2D eigenvalue weighted by Gasteiger charge is -2.18. The minimum absolute atomic E-state index is 0.456. The van der Waals surface area contributed by atoms with E-state index in [2.05, 4.69) is 0 Å². The molecule has 0 radical (unpaired) electrons. The summed E-state index contributed by atoms with van der Waals surface area (Å²) in [6, 6.07) is -28.1. The molecular weight excluding hydrogens is 605 g/mol. The van der Waals surface area contributed by atoms with Crippen LogP contribution in [0.5, 0.6) is 0 Å². The molecule has 9 aromatic carbocycles. The quantitative estimate of drug-likeness (QED) is 0.167. The number of benzene rings is 9. The normalized spacial score (nSPS) is 20.1. The van der Waals surface area contributed by atoms with Gasteiger partial charge in [0.15, 0.2) is 0 Å². The second-order valence-electron chi connectivity index (χ2n) is 10.9. The molecule has 0 bridgehead atoms. The molecule has 10 aromatic rings. The molecule has 0 aliphatic heterocycles. The minimum atomic E-state index is -1.09. The van der Waals surface area contributed by atoms with E-state index in [9.17, 15) is 12.3 Å². The number of hydrogen-bond acceptors (Lipinski definition) is 1. The Labute approximate surface area is 332 Å². The first-order chi connectivity index (χ1) is 37.3. The van der Waals surface area contributed by atoms with Crippen molar-refractivity contribution in [2.24, 2.45) is 0 Å². The van der Waals surface area contributed by atoms with E-state index in [-0.39, 0.29) is 0 Å². The molecule has 234 valence electrons. The Morgan fingerprint density at radius 2 is 0.940 bits per heavy atom. The molecule has 0 unspecified atom stereocenters. The van der Waals surface area contributed by atoms with Gasteiger partial charge in [0.05, 0.1) is 41.1 Å². The lowest BCUT2D eigenvalue weighted by Crippen LogP contribution is -1.96. The predicted octanol–water partition coefficient (Wildman–Crippen LogP) is 13.6. The van der Waals surface area contributed by atoms with Crippen LogP contribution in [0.15, 0.2) is 186 Å². The monoisotopic (exact) mass is 666 g/mol. The van der Waals surface area contributed by atoms with Gasteiger partial charge in [-0.1, -0.05) is 163 Å². The van der Waals surface area contributed by atoms with Crippen molar-refractivity contribution >= 4 is 54.3 Å². The maximum absolute atomic E-state index is 9.90. The van der Waals surface area contributed by atoms with Crippen LogP contribution in [0.1, 0.15) is 52.2 Å². The van der Waals surface area contributed by atoms with Gasteiger partial charge in [0.1, 0.15) is 11.2 Å². The summed E-state index contributed by atoms with van der Waals surface area (Å²) in [5.74, 6) is 0. The lowest BCUT2D eigenvalue weighted by molar-refractivity contribution is 0.669. The first-order valence-corrected chi connectivity index (χ1v) is 14.9. The van der Waals surface area contributed by atoms with E-state index in [1.807, 2.05) is 0 Å². The fourth-order valence-corrected chi connectivity index (χ4v) is 6.17. The molecule has 1 heteroatoms. The Balaban J connectivity index is 1.46. The van der Waals surface area contributed by atoms with E-state index < -0.39 is 286 Å². The molecule has 0 aliphatic rings. The highest BCUT2D eigenvalue weighted by Crippen LogP contribution is 2.44. The summed E-state index contributed by atoms with van der Waals surface area (Å²) in [7, 11) is 0. The van der Waals surface area contributed by atoms with Crippen molar-refractivity contribution in [2.75, 3.05) is 0 Å². The number of fused-ring (bicyclic) bond motifs is 6. The number of rotatable bonds is 5. The van der Waals surface area contributed by atoms with Gasteiger partial charge in [-0.3, -0.25) is 0 Å². The van der Waals surface area contributed by atoms with Crippen molar-refractivity contribution in [3.8, 4) is 33.4 Å². The van der Waals surface area contributed by atoms with Crippen molar-refractivity contribution in [3.05, 3.63) is 192 Å². The second-order valence-corrected chi connectivity index (χ2v) is 10.9. The molecule has 0 atom stereocenters. The van der Waals surface area contributed by atoms with Gasteiger partial charge in [-0.25, -0.2) is 0 Å². The fraction of sp³-hybridized carbons (Fsp3) is 0.0204. The third-order valence-corrected chi connectivity index (χ3v) is 8.23. The van der Waals surface area contributed by atoms with Crippen LogP contribution in [-0.2, 0) is 6.42 Å². The standard InChI is InChI=1S/C49H32O/c1-2-14-33(15-3-1)39-27-13-29-46-49(39)48-36(20-12-28-45(48)50-46)31-44-40-22-6-8-24-42(40)47(43-25-9-7-23-41(43)44)35-19-10-18-34(30-35)38-26-11-17-32-16-4-5-21-37(32)38/h1-30H,31H2/i1D,2D,3D,4D,5D,6D,7D,8D,9D,10D,11D,12D,13D,14D,15D,16D,17D,18D,19D,20D,21D,22D,23D,24D,25D,26D,27D,28D,29D,30D. The van der Waals surface area contributed by atoms with Gasteiger partial charge in [0, 0.05) is 10.8 Å². The van der Waals surface area contributed by atoms with Crippen LogP contribution in [0, 0.1) is 0 Å². The summed E-state index contributed by atoms with van der Waals surface area (Å²) in [5.41, 5.74) is -6.82. The average Bonchev–Trinajstić information content (AvgIpc) is 3.96. The minimum Gasteiger partial charge on any atom is -0.456 e. The number of furan rings is 1. The lowest BCUT2D eigenvalue weighted by atomic mass is 9.85. The van der Waals surface area contributed by atoms with Gasteiger partial charge in [-0.15, -0.1) is 0 Å². The van der Waals surface area contributed by atoms with Crippen molar-refractivity contribution < 1.29 is 45.5 Å². The summed E-state index contributed by atoms with van der Waals surface area (Å²) in [6.07, 6.45) is -0.978. The van der Waals surface area contributed by atoms with Crippen LogP contribution in [0.2, 0.25) is 0 Å². The van der Waals surface area contributed by atoms with Crippen molar-refractivity contribution in [1.29, 1.82) is 0 Å². The molecule has 0 spiro atoms. The van der Waals surface area contributed by atoms with Gasteiger partial charge in [-0.2, -0.15) is 0 Å². The van der Waals surface area contributed by atoms with Crippen LogP contribution in [0.4, 0.5) is 0 Å². The molecule has 1 aromatic heterocycles. The zero-order valence-corrected chi connectivity index (χ0v) is 25.1. The Hall–Kier alpha value is -6.44. The van der Waals surface area contributed by atoms with E-state index in [1.165, 1.54) is 0 Å². The summed E-state index contributed by atoms with van der Waals surface area (Å²) in [6.45, 7) is 0. The van der Waals surface area contributed by atoms with Gasteiger partial charge in [-0.05, 0) is 101 Å². The molecule has 0 saturated heterocycles. The van der Waals surface area contributed by atoms with Gasteiger partial charge in [0.2, 0.25) is 0 Å². The first kappa shape index (κ1) is 11.6. The topological polar surface area (TPSA) is 13.1 Å². The molecule has 1 nitrogen and oxygen atoms in total. The van der Waals surface area contributed by atoms with E-state index in [0.717, 1.165) is 0 Å². The molecule has 0 fully saturated rings. The van der Waals surface area contributed by atoms with Crippen LogP contribution in [0.3, 0.4) is 0 Å². The highest BCUT2D eigenvalue weighted by molar-refractivity contribution is 6.17. The maximum Gasteiger partial charge on any atom is 0.136 e. The molecular formula is C49H32O. The second kappa shape index (κ2) is 11.6. The zero-order chi connectivity index (χ0) is 59.1. The summed E-state index contributed by atoms with van der Waals surface area (Å²) in [5, 5.41) is -4.97. The van der Waals surface area contributed by atoms with Crippen molar-refractivity contribution in [3.63, 3.8) is 0 Å². The van der Waals surface area contributed by atoms with E-state index in [0.29, 0.717) is 0 Å². The smallest absolute Gasteiger partial charge is 0.136 e. The van der Waals surface area contributed by atoms with E-state index in [1.54, 1.807) is 0 Å². The highest BCUT2D eigenvalue weighted by atomic mass is 16.3. The Kier molecular flexibility index (Phi) is 2.69. The molecule has 1 heterocycles. The zero-order valence-electron chi connectivity index (χ0n) is 55.1. The molecule has 50 heavy (non-hydrogen) atoms. The van der Waals surface area contributed by atoms with Crippen molar-refractivity contribution in [1.82, 2.24) is 0 Å². The summed E-state index contributed by atoms with van der Waals surface area (Å²) >= 11 is 0.